The van der Waals surface area contributed by atoms with Gasteiger partial charge in [0.15, 0.2) is 11.0 Å². The van der Waals surface area contributed by atoms with Crippen molar-refractivity contribution in [3.05, 3.63) is 65.5 Å². The van der Waals surface area contributed by atoms with Crippen LogP contribution >= 0.6 is 11.8 Å². The number of benzene rings is 2. The number of likely N-dealkylation sites (tertiary alicyclic amines) is 1. The van der Waals surface area contributed by atoms with Crippen LogP contribution in [0.15, 0.2) is 53.7 Å². The predicted molar refractivity (Wildman–Crippen MR) is 117 cm³/mol. The van der Waals surface area contributed by atoms with Crippen LogP contribution in [0.4, 0.5) is 4.39 Å². The first-order valence-electron chi connectivity index (χ1n) is 10.2. The molecule has 1 aromatic heterocycles. The van der Waals surface area contributed by atoms with E-state index in [1.54, 1.807) is 0 Å². The van der Waals surface area contributed by atoms with E-state index in [9.17, 15) is 14.0 Å². The Hall–Kier alpha value is -3.00. The monoisotopic (exact) mass is 438 g/mol. The van der Waals surface area contributed by atoms with Gasteiger partial charge in [0.25, 0.3) is 5.91 Å². The van der Waals surface area contributed by atoms with Crippen LogP contribution in [-0.4, -0.2) is 43.3 Å². The van der Waals surface area contributed by atoms with Gasteiger partial charge in [0.2, 0.25) is 5.91 Å². The van der Waals surface area contributed by atoms with Crippen molar-refractivity contribution in [3.63, 3.8) is 0 Å². The molecule has 0 saturated carbocycles. The van der Waals surface area contributed by atoms with E-state index in [1.807, 2.05) is 42.8 Å². The second kappa shape index (κ2) is 9.01. The van der Waals surface area contributed by atoms with Crippen molar-refractivity contribution < 1.29 is 14.0 Å². The molecule has 1 fully saturated rings. The van der Waals surface area contributed by atoms with Crippen LogP contribution in [0.3, 0.4) is 0 Å². The van der Waals surface area contributed by atoms with Gasteiger partial charge in [-0.2, -0.15) is 0 Å². The highest BCUT2D eigenvalue weighted by atomic mass is 32.2. The molecule has 160 valence electrons. The first kappa shape index (κ1) is 21.2. The molecule has 6 nitrogen and oxygen atoms in total. The Kier molecular flexibility index (Phi) is 6.18. The molecule has 0 bridgehead atoms. The minimum Gasteiger partial charge on any atom is -0.305 e. The smallest absolute Gasteiger partial charge is 0.260 e. The van der Waals surface area contributed by atoms with Crippen molar-refractivity contribution in [3.8, 4) is 11.4 Å². The van der Waals surface area contributed by atoms with E-state index in [-0.39, 0.29) is 5.91 Å². The van der Waals surface area contributed by atoms with Crippen molar-refractivity contribution in [2.45, 2.75) is 36.6 Å². The summed E-state index contributed by atoms with van der Waals surface area (Å²) < 4.78 is 15.1. The van der Waals surface area contributed by atoms with E-state index in [0.717, 1.165) is 29.8 Å². The van der Waals surface area contributed by atoms with Gasteiger partial charge < -0.3 is 4.57 Å². The molecule has 2 heterocycles. The van der Waals surface area contributed by atoms with Gasteiger partial charge in [0.1, 0.15) is 5.82 Å². The molecule has 1 saturated heterocycles. The summed E-state index contributed by atoms with van der Waals surface area (Å²) in [4.78, 5) is 27.4. The Morgan fingerprint density at radius 1 is 1.06 bits per heavy atom. The third-order valence-electron chi connectivity index (χ3n) is 5.37. The van der Waals surface area contributed by atoms with Gasteiger partial charge in [-0.25, -0.2) is 4.39 Å². The number of amides is 2. The minimum atomic E-state index is -0.430. The molecule has 31 heavy (non-hydrogen) atoms. The molecule has 2 amide bonds. The average molecular weight is 439 g/mol. The number of rotatable bonds is 4. The largest absolute Gasteiger partial charge is 0.305 e. The SMILES string of the molecule is Cc1ccc(-c2nnc(S[C@H]3CCCCN(C(=O)c4ccc(F)cc4)C3=O)n2C)cc1. The lowest BCUT2D eigenvalue weighted by Crippen LogP contribution is -2.41. The highest BCUT2D eigenvalue weighted by Gasteiger charge is 2.33. The van der Waals surface area contributed by atoms with Crippen molar-refractivity contribution in [2.75, 3.05) is 6.54 Å². The molecule has 1 aliphatic rings. The number of hydrogen-bond donors (Lipinski definition) is 0. The highest BCUT2D eigenvalue weighted by molar-refractivity contribution is 8.00. The molecule has 1 aliphatic heterocycles. The third-order valence-corrected chi connectivity index (χ3v) is 6.66. The molecule has 3 aromatic rings. The van der Waals surface area contributed by atoms with Crippen molar-refractivity contribution in [1.29, 1.82) is 0 Å². The van der Waals surface area contributed by atoms with Gasteiger partial charge in [0.05, 0.1) is 5.25 Å². The molecular formula is C23H23FN4O2S. The number of halogens is 1. The normalized spacial score (nSPS) is 16.9. The molecule has 4 rings (SSSR count). The van der Waals surface area contributed by atoms with E-state index in [1.165, 1.54) is 40.9 Å². The highest BCUT2D eigenvalue weighted by Crippen LogP contribution is 2.31. The fraction of sp³-hybridized carbons (Fsp3) is 0.304. The molecule has 0 spiro atoms. The lowest BCUT2D eigenvalue weighted by molar-refractivity contribution is -0.127. The maximum Gasteiger partial charge on any atom is 0.260 e. The van der Waals surface area contributed by atoms with Gasteiger partial charge in [-0.1, -0.05) is 48.0 Å². The number of carbonyl (C=O) groups is 2. The van der Waals surface area contributed by atoms with Crippen LogP contribution in [0.25, 0.3) is 11.4 Å². The second-order valence-electron chi connectivity index (χ2n) is 7.64. The van der Waals surface area contributed by atoms with E-state index in [0.29, 0.717) is 23.7 Å². The van der Waals surface area contributed by atoms with Gasteiger partial charge in [-0.15, -0.1) is 10.2 Å². The van der Waals surface area contributed by atoms with E-state index >= 15 is 0 Å². The molecular weight excluding hydrogens is 415 g/mol. The Labute approximate surface area is 184 Å². The number of hydrogen-bond acceptors (Lipinski definition) is 5. The van der Waals surface area contributed by atoms with E-state index in [4.69, 9.17) is 0 Å². The topological polar surface area (TPSA) is 68.1 Å². The number of nitrogens with zero attached hydrogens (tertiary/aromatic N) is 4. The van der Waals surface area contributed by atoms with Gasteiger partial charge in [-0.3, -0.25) is 14.5 Å². The molecule has 0 unspecified atom stereocenters. The van der Waals surface area contributed by atoms with Crippen molar-refractivity contribution in [1.82, 2.24) is 19.7 Å². The standard InChI is InChI=1S/C23H23FN4O2S/c1-15-6-8-16(9-7-15)20-25-26-23(27(20)2)31-19-5-3-4-14-28(22(19)30)21(29)17-10-12-18(24)13-11-17/h6-13,19H,3-5,14H2,1-2H3/t19-/m0/s1. The van der Waals surface area contributed by atoms with Gasteiger partial charge >= 0.3 is 0 Å². The number of aryl methyl sites for hydroxylation is 1. The minimum absolute atomic E-state index is 0.239. The summed E-state index contributed by atoms with van der Waals surface area (Å²) in [6, 6.07) is 13.3. The Morgan fingerprint density at radius 2 is 1.77 bits per heavy atom. The van der Waals surface area contributed by atoms with E-state index < -0.39 is 17.0 Å². The Balaban J connectivity index is 1.54. The molecule has 8 heteroatoms. The Bertz CT molecular complexity index is 1100. The second-order valence-corrected chi connectivity index (χ2v) is 8.81. The van der Waals surface area contributed by atoms with Gasteiger partial charge in [-0.05, 0) is 44.0 Å². The maximum absolute atomic E-state index is 13.2. The summed E-state index contributed by atoms with van der Waals surface area (Å²) in [6.45, 7) is 2.39. The van der Waals surface area contributed by atoms with Crippen molar-refractivity contribution in [2.24, 2.45) is 7.05 Å². The van der Waals surface area contributed by atoms with Crippen LogP contribution < -0.4 is 0 Å². The zero-order valence-corrected chi connectivity index (χ0v) is 18.2. The summed E-state index contributed by atoms with van der Waals surface area (Å²) in [5, 5.41) is 8.79. The van der Waals surface area contributed by atoms with Crippen LogP contribution in [0, 0.1) is 12.7 Å². The zero-order valence-electron chi connectivity index (χ0n) is 17.4. The number of thioether (sulfide) groups is 1. The summed E-state index contributed by atoms with van der Waals surface area (Å²) in [7, 11) is 1.88. The summed E-state index contributed by atoms with van der Waals surface area (Å²) >= 11 is 1.34. The van der Waals surface area contributed by atoms with E-state index in [2.05, 4.69) is 10.2 Å². The van der Waals surface area contributed by atoms with Crippen molar-refractivity contribution >= 4 is 23.6 Å². The quantitative estimate of drug-likeness (QED) is 0.570. The molecule has 2 aromatic carbocycles. The fourth-order valence-corrected chi connectivity index (χ4v) is 4.66. The lowest BCUT2D eigenvalue weighted by Gasteiger charge is -2.22. The summed E-state index contributed by atoms with van der Waals surface area (Å²) in [5.41, 5.74) is 2.42. The molecule has 0 N–H and O–H groups in total. The van der Waals surface area contributed by atoms with Crippen LogP contribution in [0.5, 0.6) is 0 Å². The number of imide groups is 1. The Morgan fingerprint density at radius 3 is 2.48 bits per heavy atom. The predicted octanol–water partition coefficient (Wildman–Crippen LogP) is 4.24. The number of aromatic nitrogens is 3. The first-order valence-corrected chi connectivity index (χ1v) is 11.1. The third kappa shape index (κ3) is 4.54. The lowest BCUT2D eigenvalue weighted by atomic mass is 10.1. The first-order chi connectivity index (χ1) is 14.9. The van der Waals surface area contributed by atoms with Crippen LogP contribution in [0.2, 0.25) is 0 Å². The fourth-order valence-electron chi connectivity index (χ4n) is 3.57. The average Bonchev–Trinajstić information content (AvgIpc) is 3.02. The van der Waals surface area contributed by atoms with Crippen LogP contribution in [-0.2, 0) is 11.8 Å². The summed E-state index contributed by atoms with van der Waals surface area (Å²) in [6.07, 6.45) is 2.23. The molecule has 0 radical (unpaired) electrons. The zero-order chi connectivity index (χ0) is 22.0. The summed E-state index contributed by atoms with van der Waals surface area (Å²) in [5.74, 6) is -0.325. The van der Waals surface area contributed by atoms with Gasteiger partial charge in [0, 0.05) is 24.7 Å². The molecule has 1 atom stereocenters. The maximum atomic E-state index is 13.2. The molecule has 0 aliphatic carbocycles. The van der Waals surface area contributed by atoms with Crippen LogP contribution in [0.1, 0.15) is 35.2 Å². The number of carbonyl (C=O) groups excluding carboxylic acids is 2.